The number of carbonyl (C=O) groups excluding carboxylic acids is 2. The summed E-state index contributed by atoms with van der Waals surface area (Å²) in [5.74, 6) is -0.929. The van der Waals surface area contributed by atoms with Gasteiger partial charge in [0.2, 0.25) is 6.17 Å². The zero-order valence-electron chi connectivity index (χ0n) is 17.5. The van der Waals surface area contributed by atoms with E-state index in [4.69, 9.17) is 0 Å². The Hall–Kier alpha value is -4.53. The van der Waals surface area contributed by atoms with Gasteiger partial charge in [0.25, 0.3) is 5.91 Å². The molecule has 5 rings (SSSR count). The van der Waals surface area contributed by atoms with Crippen molar-refractivity contribution in [3.63, 3.8) is 0 Å². The number of halogens is 1. The van der Waals surface area contributed by atoms with E-state index in [9.17, 15) is 14.0 Å². The molecule has 164 valence electrons. The van der Waals surface area contributed by atoms with Gasteiger partial charge in [-0.25, -0.2) is 19.2 Å². The second kappa shape index (κ2) is 8.19. The fourth-order valence-corrected chi connectivity index (χ4v) is 3.83. The molecule has 0 spiro atoms. The number of H-pyrrole nitrogens is 1. The fraction of sp³-hybridized carbons (Fsp3) is 0.0833. The van der Waals surface area contributed by atoms with Crippen LogP contribution in [0.2, 0.25) is 0 Å². The van der Waals surface area contributed by atoms with Gasteiger partial charge in [-0.05, 0) is 30.3 Å². The lowest BCUT2D eigenvalue weighted by molar-refractivity contribution is -0.119. The van der Waals surface area contributed by atoms with E-state index < -0.39 is 23.9 Å². The topological polar surface area (TPSA) is 102 Å². The van der Waals surface area contributed by atoms with Crippen LogP contribution in [0.5, 0.6) is 0 Å². The average molecular weight is 442 g/mol. The molecule has 0 aliphatic carbocycles. The molecule has 0 fully saturated rings. The van der Waals surface area contributed by atoms with E-state index in [0.29, 0.717) is 22.6 Å². The molecule has 8 nitrogen and oxygen atoms in total. The maximum Gasteiger partial charge on any atom is 0.321 e. The van der Waals surface area contributed by atoms with Gasteiger partial charge in [-0.15, -0.1) is 0 Å². The summed E-state index contributed by atoms with van der Waals surface area (Å²) in [6.07, 6.45) is 1.99. The number of nitrogens with zero attached hydrogens (tertiary/aromatic N) is 3. The number of benzene rings is 2. The van der Waals surface area contributed by atoms with Crippen molar-refractivity contribution < 1.29 is 14.0 Å². The lowest BCUT2D eigenvalue weighted by Gasteiger charge is -2.20. The van der Waals surface area contributed by atoms with Crippen LogP contribution >= 0.6 is 0 Å². The largest absolute Gasteiger partial charge is 0.344 e. The van der Waals surface area contributed by atoms with E-state index in [2.05, 4.69) is 25.6 Å². The van der Waals surface area contributed by atoms with Crippen molar-refractivity contribution in [2.75, 3.05) is 17.3 Å². The minimum Gasteiger partial charge on any atom is -0.344 e. The summed E-state index contributed by atoms with van der Waals surface area (Å²) in [5.41, 5.74) is 2.80. The molecule has 1 aliphatic rings. The Morgan fingerprint density at radius 2 is 1.82 bits per heavy atom. The van der Waals surface area contributed by atoms with E-state index >= 15 is 0 Å². The lowest BCUT2D eigenvalue weighted by atomic mass is 10.00. The number of pyridine rings is 1. The molecule has 0 saturated carbocycles. The molecule has 0 bridgehead atoms. The number of aromatic nitrogens is 2. The summed E-state index contributed by atoms with van der Waals surface area (Å²) >= 11 is 0. The summed E-state index contributed by atoms with van der Waals surface area (Å²) in [7, 11) is 1.60. The smallest absolute Gasteiger partial charge is 0.321 e. The van der Waals surface area contributed by atoms with Gasteiger partial charge < -0.3 is 20.5 Å². The summed E-state index contributed by atoms with van der Waals surface area (Å²) in [6.45, 7) is 0. The van der Waals surface area contributed by atoms with Crippen molar-refractivity contribution in [3.05, 3.63) is 90.0 Å². The van der Waals surface area contributed by atoms with Crippen LogP contribution in [-0.2, 0) is 4.79 Å². The molecular formula is C24H19FN6O2. The molecule has 33 heavy (non-hydrogen) atoms. The van der Waals surface area contributed by atoms with E-state index in [1.807, 2.05) is 6.07 Å². The normalized spacial score (nSPS) is 15.6. The van der Waals surface area contributed by atoms with Gasteiger partial charge in [-0.1, -0.05) is 30.3 Å². The van der Waals surface area contributed by atoms with Crippen molar-refractivity contribution in [3.8, 4) is 0 Å². The molecule has 3 N–H and O–H groups in total. The van der Waals surface area contributed by atoms with E-state index in [0.717, 1.165) is 5.39 Å². The first-order valence-corrected chi connectivity index (χ1v) is 10.2. The monoisotopic (exact) mass is 442 g/mol. The number of aliphatic imine (C=N–C) groups is 1. The van der Waals surface area contributed by atoms with Crippen LogP contribution in [0.15, 0.2) is 78.0 Å². The molecule has 1 atom stereocenters. The number of carbonyl (C=O) groups is 2. The first kappa shape index (κ1) is 20.4. The molecule has 0 radical (unpaired) electrons. The number of hydrogen-bond donors (Lipinski definition) is 3. The Kier molecular flexibility index (Phi) is 5.06. The number of hydrogen-bond acceptors (Lipinski definition) is 4. The summed E-state index contributed by atoms with van der Waals surface area (Å²) < 4.78 is 14.7. The molecule has 2 aromatic heterocycles. The van der Waals surface area contributed by atoms with Crippen LogP contribution < -0.4 is 15.5 Å². The van der Waals surface area contributed by atoms with Crippen LogP contribution in [0.3, 0.4) is 0 Å². The van der Waals surface area contributed by atoms with E-state index in [1.54, 1.807) is 68.0 Å². The zero-order valence-corrected chi connectivity index (χ0v) is 17.5. The number of rotatable bonds is 3. The summed E-state index contributed by atoms with van der Waals surface area (Å²) in [6, 6.07) is 16.2. The second-order valence-corrected chi connectivity index (χ2v) is 7.47. The molecule has 1 aliphatic heterocycles. The van der Waals surface area contributed by atoms with Crippen molar-refractivity contribution in [2.24, 2.45) is 4.99 Å². The predicted octanol–water partition coefficient (Wildman–Crippen LogP) is 3.66. The van der Waals surface area contributed by atoms with Crippen molar-refractivity contribution in [1.29, 1.82) is 0 Å². The average Bonchev–Trinajstić information content (AvgIpc) is 3.20. The quantitative estimate of drug-likeness (QED) is 0.451. The van der Waals surface area contributed by atoms with Gasteiger partial charge in [0.05, 0.1) is 17.1 Å². The molecule has 4 aromatic rings. The standard InChI is InChI=1S/C24H19FN6O2/c1-31-19-11-5-3-8-16(19)20(14-7-2-4-10-17(14)25)29-22(23(31)32)30-24(33)28-18-13-27-21-15(18)9-6-12-26-21/h2-13,22H,1H3,(H,26,27)(H2,28,30,33). The predicted molar refractivity (Wildman–Crippen MR) is 124 cm³/mol. The first-order valence-electron chi connectivity index (χ1n) is 10.2. The number of likely N-dealkylation sites (N-methyl/N-ethyl adjacent to an activating group) is 1. The Balaban J connectivity index is 1.51. The van der Waals surface area contributed by atoms with Gasteiger partial charge in [0.1, 0.15) is 11.5 Å². The number of amides is 3. The van der Waals surface area contributed by atoms with Crippen LogP contribution in [0, 0.1) is 5.82 Å². The van der Waals surface area contributed by atoms with Crippen LogP contribution in [0.1, 0.15) is 11.1 Å². The van der Waals surface area contributed by atoms with E-state index in [1.165, 1.54) is 11.0 Å². The summed E-state index contributed by atoms with van der Waals surface area (Å²) in [4.78, 5) is 39.1. The SMILES string of the molecule is CN1C(=O)C(NC(=O)Nc2c[nH]c3ncccc23)N=C(c2ccccc2F)c2ccccc21. The third-order valence-electron chi connectivity index (χ3n) is 5.44. The highest BCUT2D eigenvalue weighted by molar-refractivity contribution is 6.20. The molecule has 0 saturated heterocycles. The maximum atomic E-state index is 14.7. The van der Waals surface area contributed by atoms with Crippen LogP contribution in [-0.4, -0.2) is 40.8 Å². The third-order valence-corrected chi connectivity index (χ3v) is 5.44. The lowest BCUT2D eigenvalue weighted by Crippen LogP contribution is -2.47. The van der Waals surface area contributed by atoms with Gasteiger partial charge in [-0.3, -0.25) is 4.79 Å². The van der Waals surface area contributed by atoms with Crippen LogP contribution in [0.4, 0.5) is 20.6 Å². The number of benzodiazepines with no additional fused rings is 1. The molecule has 2 aromatic carbocycles. The highest BCUT2D eigenvalue weighted by Crippen LogP contribution is 2.28. The number of aromatic amines is 1. The highest BCUT2D eigenvalue weighted by Gasteiger charge is 2.31. The molecule has 3 heterocycles. The Morgan fingerprint density at radius 3 is 2.64 bits per heavy atom. The number of urea groups is 1. The molecular weight excluding hydrogens is 423 g/mol. The number of para-hydroxylation sites is 1. The van der Waals surface area contributed by atoms with Gasteiger partial charge in [-0.2, -0.15) is 0 Å². The Morgan fingerprint density at radius 1 is 1.06 bits per heavy atom. The molecule has 3 amide bonds. The van der Waals surface area contributed by atoms with Gasteiger partial charge in [0, 0.05) is 36.0 Å². The Bertz CT molecular complexity index is 1410. The fourth-order valence-electron chi connectivity index (χ4n) is 3.83. The Labute approximate surface area is 188 Å². The zero-order chi connectivity index (χ0) is 22.9. The number of nitrogens with one attached hydrogen (secondary N) is 3. The van der Waals surface area contributed by atoms with E-state index in [-0.39, 0.29) is 11.3 Å². The number of fused-ring (bicyclic) bond motifs is 2. The summed E-state index contributed by atoms with van der Waals surface area (Å²) in [5, 5.41) is 6.05. The minimum absolute atomic E-state index is 0.239. The number of anilines is 2. The van der Waals surface area contributed by atoms with Crippen molar-refractivity contribution >= 4 is 40.1 Å². The van der Waals surface area contributed by atoms with Crippen LogP contribution in [0.25, 0.3) is 11.0 Å². The van der Waals surface area contributed by atoms with Gasteiger partial charge >= 0.3 is 6.03 Å². The highest BCUT2D eigenvalue weighted by atomic mass is 19.1. The molecule has 1 unspecified atom stereocenters. The van der Waals surface area contributed by atoms with Gasteiger partial charge in [0.15, 0.2) is 0 Å². The molecule has 9 heteroatoms. The minimum atomic E-state index is -1.26. The van der Waals surface area contributed by atoms with Crippen molar-refractivity contribution in [1.82, 2.24) is 15.3 Å². The third kappa shape index (κ3) is 3.69. The van der Waals surface area contributed by atoms with Crippen molar-refractivity contribution in [2.45, 2.75) is 6.17 Å². The maximum absolute atomic E-state index is 14.7. The first-order chi connectivity index (χ1) is 16.0. The second-order valence-electron chi connectivity index (χ2n) is 7.47.